The van der Waals surface area contributed by atoms with Crippen molar-refractivity contribution in [2.24, 2.45) is 0 Å². The lowest BCUT2D eigenvalue weighted by Crippen LogP contribution is -2.41. The molecule has 0 radical (unpaired) electrons. The molecule has 1 saturated heterocycles. The first-order valence-corrected chi connectivity index (χ1v) is 13.2. The summed E-state index contributed by atoms with van der Waals surface area (Å²) in [4.78, 5) is 23.7. The number of anilines is 3. The zero-order chi connectivity index (χ0) is 27.5. The minimum absolute atomic E-state index is 0.0228. The number of rotatable bonds is 7. The van der Waals surface area contributed by atoms with Gasteiger partial charge in [-0.25, -0.2) is 14.6 Å². The van der Waals surface area contributed by atoms with E-state index in [9.17, 15) is 4.79 Å². The largest absolute Gasteiger partial charge is 0.457 e. The van der Waals surface area contributed by atoms with E-state index in [2.05, 4.69) is 20.2 Å². The van der Waals surface area contributed by atoms with Gasteiger partial charge in [0.1, 0.15) is 29.3 Å². The summed E-state index contributed by atoms with van der Waals surface area (Å²) in [5.41, 5.74) is 15.8. The average Bonchev–Trinajstić information content (AvgIpc) is 3.36. The number of carbonyl (C=O) groups is 1. The number of ether oxygens (including phenoxy) is 1. The lowest BCUT2D eigenvalue weighted by atomic mass is 10.1. The summed E-state index contributed by atoms with van der Waals surface area (Å²) in [5.74, 6) is 1.77. The third kappa shape index (κ3) is 5.29. The van der Waals surface area contributed by atoms with Crippen LogP contribution in [-0.4, -0.2) is 50.2 Å². The molecule has 5 aromatic rings. The molecule has 2 aromatic heterocycles. The lowest BCUT2D eigenvalue weighted by molar-refractivity contribution is -0.117. The monoisotopic (exact) mass is 534 g/mol. The molecule has 40 heavy (non-hydrogen) atoms. The number of nitrogens with two attached hydrogens (primary N) is 2. The van der Waals surface area contributed by atoms with Crippen molar-refractivity contribution >= 4 is 34.1 Å². The Morgan fingerprint density at radius 3 is 2.50 bits per heavy atom. The van der Waals surface area contributed by atoms with Gasteiger partial charge in [-0.1, -0.05) is 30.3 Å². The Labute approximate surface area is 231 Å². The number of carbonyl (C=O) groups excluding carboxylic acids is 1. The van der Waals surface area contributed by atoms with Gasteiger partial charge in [-0.3, -0.25) is 9.69 Å². The van der Waals surface area contributed by atoms with Crippen LogP contribution in [0.2, 0.25) is 0 Å². The van der Waals surface area contributed by atoms with Crippen LogP contribution in [0.3, 0.4) is 0 Å². The Balaban J connectivity index is 1.23. The first kappa shape index (κ1) is 25.3. The Morgan fingerprint density at radius 1 is 0.950 bits per heavy atom. The van der Waals surface area contributed by atoms with Gasteiger partial charge in [-0.05, 0) is 67.9 Å². The second-order valence-corrected chi connectivity index (χ2v) is 9.86. The molecule has 1 atom stereocenters. The Kier molecular flexibility index (Phi) is 6.98. The Morgan fingerprint density at radius 2 is 1.70 bits per heavy atom. The van der Waals surface area contributed by atoms with Crippen molar-refractivity contribution in [2.75, 3.05) is 36.4 Å². The van der Waals surface area contributed by atoms with Crippen LogP contribution in [0, 0.1) is 0 Å². The first-order chi connectivity index (χ1) is 19.5. The predicted molar refractivity (Wildman–Crippen MR) is 156 cm³/mol. The fourth-order valence-corrected chi connectivity index (χ4v) is 5.14. The van der Waals surface area contributed by atoms with E-state index in [1.54, 1.807) is 12.1 Å². The van der Waals surface area contributed by atoms with E-state index in [1.807, 2.05) is 71.4 Å². The third-order valence-electron chi connectivity index (χ3n) is 7.05. The summed E-state index contributed by atoms with van der Waals surface area (Å²) in [6.07, 6.45) is 3.30. The van der Waals surface area contributed by atoms with Crippen LogP contribution < -0.4 is 21.5 Å². The number of hydrogen-bond acceptors (Lipinski definition) is 8. The van der Waals surface area contributed by atoms with Crippen molar-refractivity contribution in [3.05, 3.63) is 85.2 Å². The van der Waals surface area contributed by atoms with Gasteiger partial charge in [-0.15, -0.1) is 0 Å². The van der Waals surface area contributed by atoms with Crippen LogP contribution >= 0.6 is 0 Å². The molecule has 6 rings (SSSR count). The number of likely N-dealkylation sites (tertiary alicyclic amines) is 1. The van der Waals surface area contributed by atoms with Crippen LogP contribution in [0.15, 0.2) is 85.2 Å². The molecular formula is C30H30N8O2. The number of amides is 1. The van der Waals surface area contributed by atoms with Gasteiger partial charge < -0.3 is 21.5 Å². The molecule has 10 heteroatoms. The fraction of sp³-hybridized carbons (Fsp3) is 0.200. The maximum Gasteiger partial charge on any atom is 0.238 e. The summed E-state index contributed by atoms with van der Waals surface area (Å²) in [6, 6.07) is 24.7. The molecule has 3 aromatic carbocycles. The smallest absolute Gasteiger partial charge is 0.238 e. The van der Waals surface area contributed by atoms with Gasteiger partial charge in [0, 0.05) is 12.1 Å². The second kappa shape index (κ2) is 11.0. The maximum absolute atomic E-state index is 12.8. The number of nitrogen functional groups attached to an aromatic ring is 2. The molecule has 0 aliphatic carbocycles. The van der Waals surface area contributed by atoms with Crippen molar-refractivity contribution in [2.45, 2.75) is 18.9 Å². The van der Waals surface area contributed by atoms with Crippen LogP contribution in [0.4, 0.5) is 17.2 Å². The summed E-state index contributed by atoms with van der Waals surface area (Å²) in [7, 11) is 0. The molecule has 1 amide bonds. The van der Waals surface area contributed by atoms with Crippen molar-refractivity contribution in [1.82, 2.24) is 24.6 Å². The SMILES string of the molecule is Nc1ccccc1NC(=O)CN1CCC[C@H](n2nc(-c3ccc(Oc4ccccc4)cc3)c3c(N)ncnc32)C1. The number of aromatic nitrogens is 4. The zero-order valence-corrected chi connectivity index (χ0v) is 21.9. The van der Waals surface area contributed by atoms with E-state index in [-0.39, 0.29) is 18.5 Å². The number of nitrogens with zero attached hydrogens (tertiary/aromatic N) is 5. The third-order valence-corrected chi connectivity index (χ3v) is 7.05. The highest BCUT2D eigenvalue weighted by Crippen LogP contribution is 2.35. The van der Waals surface area contributed by atoms with E-state index in [0.29, 0.717) is 40.5 Å². The topological polar surface area (TPSA) is 137 Å². The van der Waals surface area contributed by atoms with E-state index in [4.69, 9.17) is 21.3 Å². The summed E-state index contributed by atoms with van der Waals surface area (Å²) in [6.45, 7) is 1.73. The summed E-state index contributed by atoms with van der Waals surface area (Å²) >= 11 is 0. The molecule has 3 heterocycles. The van der Waals surface area contributed by atoms with Gasteiger partial charge in [-0.2, -0.15) is 5.10 Å². The highest BCUT2D eigenvalue weighted by Gasteiger charge is 2.27. The van der Waals surface area contributed by atoms with E-state index < -0.39 is 0 Å². The summed E-state index contributed by atoms with van der Waals surface area (Å²) in [5, 5.41) is 8.64. The van der Waals surface area contributed by atoms with Crippen LogP contribution in [0.25, 0.3) is 22.3 Å². The minimum atomic E-state index is -0.103. The lowest BCUT2D eigenvalue weighted by Gasteiger charge is -2.32. The Hall–Kier alpha value is -4.96. The molecule has 10 nitrogen and oxygen atoms in total. The van der Waals surface area contributed by atoms with Crippen LogP contribution in [0.5, 0.6) is 11.5 Å². The molecule has 0 saturated carbocycles. The number of hydrogen-bond donors (Lipinski definition) is 3. The standard InChI is InChI=1S/C30H30N8O2/c31-24-10-4-5-11-25(24)35-26(39)18-37-16-6-7-21(17-37)38-30-27(29(32)33-19-34-30)28(36-38)20-12-14-23(15-13-20)40-22-8-2-1-3-9-22/h1-5,8-15,19,21H,6-7,16-18,31H2,(H,35,39)(H2,32,33,34)/t21-/m0/s1. The average molecular weight is 535 g/mol. The van der Waals surface area contributed by atoms with Crippen LogP contribution in [-0.2, 0) is 4.79 Å². The molecule has 1 fully saturated rings. The van der Waals surface area contributed by atoms with Crippen molar-refractivity contribution in [3.8, 4) is 22.8 Å². The van der Waals surface area contributed by atoms with E-state index >= 15 is 0 Å². The van der Waals surface area contributed by atoms with Gasteiger partial charge in [0.25, 0.3) is 0 Å². The molecule has 1 aliphatic heterocycles. The summed E-state index contributed by atoms with van der Waals surface area (Å²) < 4.78 is 7.89. The van der Waals surface area contributed by atoms with Crippen LogP contribution in [0.1, 0.15) is 18.9 Å². The number of para-hydroxylation sites is 3. The van der Waals surface area contributed by atoms with E-state index in [1.165, 1.54) is 6.33 Å². The maximum atomic E-state index is 12.8. The van der Waals surface area contributed by atoms with Crippen molar-refractivity contribution in [1.29, 1.82) is 0 Å². The number of piperidine rings is 1. The van der Waals surface area contributed by atoms with Gasteiger partial charge in [0.05, 0.1) is 29.3 Å². The van der Waals surface area contributed by atoms with Gasteiger partial charge >= 0.3 is 0 Å². The second-order valence-electron chi connectivity index (χ2n) is 9.86. The fourth-order valence-electron chi connectivity index (χ4n) is 5.14. The molecule has 0 bridgehead atoms. The van der Waals surface area contributed by atoms with Crippen molar-refractivity contribution in [3.63, 3.8) is 0 Å². The number of benzene rings is 3. The molecule has 0 spiro atoms. The predicted octanol–water partition coefficient (Wildman–Crippen LogP) is 4.73. The molecule has 0 unspecified atom stereocenters. The van der Waals surface area contributed by atoms with E-state index in [0.717, 1.165) is 36.4 Å². The first-order valence-electron chi connectivity index (χ1n) is 13.2. The molecule has 202 valence electrons. The number of fused-ring (bicyclic) bond motifs is 1. The highest BCUT2D eigenvalue weighted by molar-refractivity contribution is 5.98. The van der Waals surface area contributed by atoms with Crippen molar-refractivity contribution < 1.29 is 9.53 Å². The highest BCUT2D eigenvalue weighted by atomic mass is 16.5. The van der Waals surface area contributed by atoms with Gasteiger partial charge in [0.2, 0.25) is 5.91 Å². The molecule has 5 N–H and O–H groups in total. The normalized spacial score (nSPS) is 15.7. The zero-order valence-electron chi connectivity index (χ0n) is 21.9. The molecular weight excluding hydrogens is 504 g/mol. The molecule has 1 aliphatic rings. The quantitative estimate of drug-likeness (QED) is 0.255. The van der Waals surface area contributed by atoms with Gasteiger partial charge in [0.15, 0.2) is 5.65 Å². The minimum Gasteiger partial charge on any atom is -0.457 e. The Bertz CT molecular complexity index is 1640. The number of nitrogens with one attached hydrogen (secondary N) is 1.